The zero-order valence-corrected chi connectivity index (χ0v) is 18.4. The normalized spacial score (nSPS) is 12.6. The Hall–Kier alpha value is -2.29. The fourth-order valence-electron chi connectivity index (χ4n) is 3.12. The highest BCUT2D eigenvalue weighted by atomic mass is 79.9. The van der Waals surface area contributed by atoms with E-state index in [2.05, 4.69) is 28.1 Å². The Bertz CT molecular complexity index is 1250. The lowest BCUT2D eigenvalue weighted by molar-refractivity contribution is 0.174. The molecular weight excluding hydrogens is 472 g/mol. The molecule has 2 aromatic carbocycles. The first-order chi connectivity index (χ1) is 14.2. The molecule has 2 aromatic heterocycles. The molecule has 8 heteroatoms. The Kier molecular flexibility index (Phi) is 5.07. The van der Waals surface area contributed by atoms with E-state index in [1.165, 1.54) is 16.9 Å². The zero-order valence-electron chi connectivity index (χ0n) is 15.1. The van der Waals surface area contributed by atoms with Crippen LogP contribution in [0.25, 0.3) is 10.2 Å². The van der Waals surface area contributed by atoms with Crippen molar-refractivity contribution in [3.05, 3.63) is 79.9 Å². The number of aromatic nitrogens is 2. The van der Waals surface area contributed by atoms with Crippen LogP contribution in [0.3, 0.4) is 0 Å². The highest BCUT2D eigenvalue weighted by Gasteiger charge is 2.17. The number of nitrogens with zero attached hydrogens (tertiary/aromatic N) is 2. The number of thioether (sulfide) groups is 1. The third-order valence-corrected chi connectivity index (χ3v) is 7.06. The molecule has 0 atom stereocenters. The number of rotatable bonds is 5. The lowest BCUT2D eigenvalue weighted by Gasteiger charge is -2.12. The van der Waals surface area contributed by atoms with Crippen LogP contribution in [0.5, 0.6) is 11.5 Å². The number of ether oxygens (including phenoxy) is 2. The van der Waals surface area contributed by atoms with Crippen molar-refractivity contribution in [1.29, 1.82) is 0 Å². The third kappa shape index (κ3) is 3.80. The topological polar surface area (TPSA) is 53.4 Å². The van der Waals surface area contributed by atoms with E-state index >= 15 is 0 Å². The van der Waals surface area contributed by atoms with Crippen LogP contribution in [0.2, 0.25) is 0 Å². The molecule has 0 bridgehead atoms. The Morgan fingerprint density at radius 2 is 1.86 bits per heavy atom. The Morgan fingerprint density at radius 3 is 2.72 bits per heavy atom. The van der Waals surface area contributed by atoms with Crippen LogP contribution in [0.4, 0.5) is 0 Å². The van der Waals surface area contributed by atoms with Gasteiger partial charge in [-0.3, -0.25) is 9.36 Å². The molecule has 0 unspecified atom stereocenters. The van der Waals surface area contributed by atoms with Gasteiger partial charge in [0, 0.05) is 10.2 Å². The largest absolute Gasteiger partial charge is 0.454 e. The number of hydrogen-bond acceptors (Lipinski definition) is 6. The summed E-state index contributed by atoms with van der Waals surface area (Å²) in [7, 11) is 0. The van der Waals surface area contributed by atoms with E-state index in [-0.39, 0.29) is 12.4 Å². The van der Waals surface area contributed by atoms with E-state index in [1.54, 1.807) is 16.3 Å². The van der Waals surface area contributed by atoms with Crippen molar-refractivity contribution in [3.63, 3.8) is 0 Å². The third-order valence-electron chi connectivity index (χ3n) is 4.59. The molecule has 0 spiro atoms. The van der Waals surface area contributed by atoms with Gasteiger partial charge in [-0.2, -0.15) is 0 Å². The van der Waals surface area contributed by atoms with Crippen molar-refractivity contribution in [1.82, 2.24) is 9.55 Å². The lowest BCUT2D eigenvalue weighted by atomic mass is 10.2. The van der Waals surface area contributed by atoms with Crippen LogP contribution in [0.15, 0.2) is 68.3 Å². The highest BCUT2D eigenvalue weighted by Crippen LogP contribution is 2.33. The van der Waals surface area contributed by atoms with Crippen LogP contribution < -0.4 is 15.0 Å². The van der Waals surface area contributed by atoms with E-state index in [4.69, 9.17) is 14.5 Å². The second-order valence-electron chi connectivity index (χ2n) is 6.52. The fourth-order valence-corrected chi connectivity index (χ4v) is 5.12. The van der Waals surface area contributed by atoms with Gasteiger partial charge in [-0.25, -0.2) is 4.98 Å². The number of fused-ring (bicyclic) bond motifs is 2. The van der Waals surface area contributed by atoms with Crippen molar-refractivity contribution in [2.45, 2.75) is 17.5 Å². The molecule has 4 aromatic rings. The quantitative estimate of drug-likeness (QED) is 0.283. The second kappa shape index (κ2) is 7.85. The van der Waals surface area contributed by atoms with Gasteiger partial charge in [0.15, 0.2) is 16.7 Å². The average molecular weight is 487 g/mol. The van der Waals surface area contributed by atoms with Crippen LogP contribution in [0.1, 0.15) is 11.1 Å². The molecule has 0 amide bonds. The first kappa shape index (κ1) is 18.7. The van der Waals surface area contributed by atoms with Gasteiger partial charge < -0.3 is 9.47 Å². The number of benzene rings is 2. The summed E-state index contributed by atoms with van der Waals surface area (Å²) in [6, 6.07) is 15.8. The number of hydrogen-bond donors (Lipinski definition) is 0. The standard InChI is InChI=1S/C21H15BrN2O3S2/c22-15-4-1-13(2-5-15)11-29-21-23-16-7-8-28-19(16)20(25)24(21)10-14-3-6-17-18(9-14)27-12-26-17/h1-9H,10-12H2. The summed E-state index contributed by atoms with van der Waals surface area (Å²) >= 11 is 6.46. The fraction of sp³-hybridized carbons (Fsp3) is 0.143. The molecule has 0 saturated heterocycles. The lowest BCUT2D eigenvalue weighted by Crippen LogP contribution is -2.23. The van der Waals surface area contributed by atoms with Crippen LogP contribution in [-0.2, 0) is 12.3 Å². The van der Waals surface area contributed by atoms with Gasteiger partial charge in [0.25, 0.3) is 5.56 Å². The zero-order chi connectivity index (χ0) is 19.8. The molecule has 0 N–H and O–H groups in total. The van der Waals surface area contributed by atoms with Gasteiger partial charge in [0.1, 0.15) is 4.70 Å². The molecule has 5 rings (SSSR count). The average Bonchev–Trinajstić information content (AvgIpc) is 3.39. The molecule has 0 aliphatic carbocycles. The maximum Gasteiger partial charge on any atom is 0.272 e. The predicted molar refractivity (Wildman–Crippen MR) is 119 cm³/mol. The molecule has 5 nitrogen and oxygen atoms in total. The van der Waals surface area contributed by atoms with Gasteiger partial charge in [0.05, 0.1) is 12.1 Å². The molecule has 1 aliphatic heterocycles. The summed E-state index contributed by atoms with van der Waals surface area (Å²) in [4.78, 5) is 17.9. The second-order valence-corrected chi connectivity index (χ2v) is 9.30. The number of halogens is 1. The first-order valence-electron chi connectivity index (χ1n) is 8.91. The van der Waals surface area contributed by atoms with Gasteiger partial charge >= 0.3 is 0 Å². The monoisotopic (exact) mass is 486 g/mol. The minimum absolute atomic E-state index is 0.0130. The van der Waals surface area contributed by atoms with Crippen molar-refractivity contribution in [3.8, 4) is 11.5 Å². The Morgan fingerprint density at radius 1 is 1.07 bits per heavy atom. The molecule has 0 fully saturated rings. The summed E-state index contributed by atoms with van der Waals surface area (Å²) in [5.41, 5.74) is 2.88. The molecule has 146 valence electrons. The molecule has 1 aliphatic rings. The summed E-state index contributed by atoms with van der Waals surface area (Å²) in [5.74, 6) is 2.18. The Labute approximate surface area is 183 Å². The van der Waals surface area contributed by atoms with Gasteiger partial charge in [-0.1, -0.05) is 45.9 Å². The molecular formula is C21H15BrN2O3S2. The SMILES string of the molecule is O=c1c2sccc2nc(SCc2ccc(Br)cc2)n1Cc1ccc2c(c1)OCO2. The van der Waals surface area contributed by atoms with Crippen molar-refractivity contribution in [2.24, 2.45) is 0 Å². The summed E-state index contributed by atoms with van der Waals surface area (Å²) in [6.45, 7) is 0.661. The van der Waals surface area contributed by atoms with Crippen LogP contribution in [-0.4, -0.2) is 16.3 Å². The van der Waals surface area contributed by atoms with E-state index < -0.39 is 0 Å². The predicted octanol–water partition coefficient (Wildman–Crippen LogP) is 5.29. The highest BCUT2D eigenvalue weighted by molar-refractivity contribution is 9.10. The maximum absolute atomic E-state index is 13.2. The van der Waals surface area contributed by atoms with Crippen LogP contribution in [0, 0.1) is 0 Å². The molecule has 0 saturated carbocycles. The van der Waals surface area contributed by atoms with Crippen molar-refractivity contribution < 1.29 is 9.47 Å². The number of thiophene rings is 1. The first-order valence-corrected chi connectivity index (χ1v) is 11.6. The molecule has 3 heterocycles. The van der Waals surface area contributed by atoms with Crippen molar-refractivity contribution in [2.75, 3.05) is 6.79 Å². The molecule has 0 radical (unpaired) electrons. The minimum atomic E-state index is -0.0130. The maximum atomic E-state index is 13.2. The van der Waals surface area contributed by atoms with Crippen molar-refractivity contribution >= 4 is 49.2 Å². The van der Waals surface area contributed by atoms with E-state index in [1.807, 2.05) is 41.8 Å². The smallest absolute Gasteiger partial charge is 0.272 e. The minimum Gasteiger partial charge on any atom is -0.454 e. The van der Waals surface area contributed by atoms with Crippen LogP contribution >= 0.6 is 39.0 Å². The summed E-state index contributed by atoms with van der Waals surface area (Å²) in [5, 5.41) is 2.62. The Balaban J connectivity index is 1.50. The van der Waals surface area contributed by atoms with E-state index in [0.29, 0.717) is 22.2 Å². The van der Waals surface area contributed by atoms with E-state index in [9.17, 15) is 4.79 Å². The van der Waals surface area contributed by atoms with Gasteiger partial charge in [0.2, 0.25) is 6.79 Å². The van der Waals surface area contributed by atoms with Gasteiger partial charge in [-0.05, 0) is 46.8 Å². The summed E-state index contributed by atoms with van der Waals surface area (Å²) < 4.78 is 14.3. The van der Waals surface area contributed by atoms with E-state index in [0.717, 1.165) is 27.1 Å². The molecule has 29 heavy (non-hydrogen) atoms. The van der Waals surface area contributed by atoms with Gasteiger partial charge in [-0.15, -0.1) is 11.3 Å². The summed E-state index contributed by atoms with van der Waals surface area (Å²) in [6.07, 6.45) is 0.